The van der Waals surface area contributed by atoms with Crippen molar-refractivity contribution >= 4 is 5.78 Å². The second-order valence-corrected chi connectivity index (χ2v) is 2.31. The van der Waals surface area contributed by atoms with Gasteiger partial charge in [0.25, 0.3) is 0 Å². The molecule has 0 saturated heterocycles. The van der Waals surface area contributed by atoms with Gasteiger partial charge < -0.3 is 25.5 Å². The number of hydrogen-bond acceptors (Lipinski definition) is 6. The molecule has 0 aliphatic carbocycles. The fourth-order valence-electron chi connectivity index (χ4n) is 0.602. The number of carbonyl (C=O) groups is 1. The summed E-state index contributed by atoms with van der Waals surface area (Å²) in [5.74, 6) is -1.00. The van der Waals surface area contributed by atoms with E-state index in [1.807, 2.05) is 0 Å². The minimum atomic E-state index is -1.86. The van der Waals surface area contributed by atoms with Crippen LogP contribution in [0.3, 0.4) is 0 Å². The van der Waals surface area contributed by atoms with E-state index in [9.17, 15) is 4.79 Å². The van der Waals surface area contributed by atoms with Crippen molar-refractivity contribution in [1.29, 1.82) is 0 Å². The predicted octanol–water partition coefficient (Wildman–Crippen LogP) is -3.38. The third kappa shape index (κ3) is 2.84. The van der Waals surface area contributed by atoms with Gasteiger partial charge in [-0.1, -0.05) is 0 Å². The maximum absolute atomic E-state index is 10.5. The highest BCUT2D eigenvalue weighted by Crippen LogP contribution is 2.00. The molecule has 0 radical (unpaired) electrons. The summed E-state index contributed by atoms with van der Waals surface area (Å²) in [5.41, 5.74) is 0. The summed E-state index contributed by atoms with van der Waals surface area (Å²) in [6, 6.07) is 0. The second kappa shape index (κ2) is 5.18. The van der Waals surface area contributed by atoms with Gasteiger partial charge in [-0.3, -0.25) is 4.79 Å². The standard InChI is InChI=1S/C6H12O6/c7-1-3(9)5(11)6(12)4(10)2-8/h3,5-9,11-12H,1-2H2/t3-,5-,6-/m1/s1/i4+1. The van der Waals surface area contributed by atoms with Crippen LogP contribution in [0.5, 0.6) is 0 Å². The lowest BCUT2D eigenvalue weighted by Gasteiger charge is -2.19. The monoisotopic (exact) mass is 181 g/mol. The van der Waals surface area contributed by atoms with E-state index in [0.29, 0.717) is 0 Å². The molecule has 6 nitrogen and oxygen atoms in total. The van der Waals surface area contributed by atoms with E-state index in [1.54, 1.807) is 0 Å². The van der Waals surface area contributed by atoms with Crippen molar-refractivity contribution in [2.45, 2.75) is 18.3 Å². The molecule has 0 aliphatic rings. The highest BCUT2D eigenvalue weighted by molar-refractivity contribution is 5.84. The van der Waals surface area contributed by atoms with Crippen LogP contribution in [0.25, 0.3) is 0 Å². The highest BCUT2D eigenvalue weighted by Gasteiger charge is 2.28. The van der Waals surface area contributed by atoms with Gasteiger partial charge in [-0.2, -0.15) is 0 Å². The SMILES string of the molecule is O=[13C](CO)[C@@H](O)[C@H](O)[C@H](O)CO. The molecule has 6 heteroatoms. The Labute approximate surface area is 68.7 Å². The summed E-state index contributed by atoms with van der Waals surface area (Å²) in [7, 11) is 0. The Hall–Kier alpha value is -0.530. The van der Waals surface area contributed by atoms with Crippen LogP contribution in [-0.4, -0.2) is 62.8 Å². The van der Waals surface area contributed by atoms with Crippen LogP contribution in [0, 0.1) is 0 Å². The topological polar surface area (TPSA) is 118 Å². The average molecular weight is 181 g/mol. The molecule has 0 aromatic carbocycles. The number of Topliss-reactive ketones (excluding diaryl/α,β-unsaturated/α-hetero) is 1. The largest absolute Gasteiger partial charge is 0.394 e. The minimum Gasteiger partial charge on any atom is -0.394 e. The molecule has 0 fully saturated rings. The fraction of sp³-hybridized carbons (Fsp3) is 0.833. The molecule has 3 atom stereocenters. The quantitative estimate of drug-likeness (QED) is 0.282. The summed E-state index contributed by atoms with van der Waals surface area (Å²) in [6.07, 6.45) is -5.22. The molecule has 0 aromatic rings. The molecule has 0 amide bonds. The third-order valence-corrected chi connectivity index (χ3v) is 1.39. The molecular formula is C6H12O6. The van der Waals surface area contributed by atoms with Gasteiger partial charge in [0, 0.05) is 0 Å². The Morgan fingerprint density at radius 2 is 1.67 bits per heavy atom. The Balaban J connectivity index is 4.08. The summed E-state index contributed by atoms with van der Waals surface area (Å²) < 4.78 is 0. The van der Waals surface area contributed by atoms with Crippen molar-refractivity contribution in [2.75, 3.05) is 13.2 Å². The van der Waals surface area contributed by atoms with Crippen LogP contribution in [0.15, 0.2) is 0 Å². The third-order valence-electron chi connectivity index (χ3n) is 1.39. The van der Waals surface area contributed by atoms with Gasteiger partial charge in [0.05, 0.1) is 6.61 Å². The van der Waals surface area contributed by atoms with Crippen molar-refractivity contribution < 1.29 is 30.3 Å². The van der Waals surface area contributed by atoms with E-state index in [1.165, 1.54) is 0 Å². The first-order valence-electron chi connectivity index (χ1n) is 3.33. The van der Waals surface area contributed by atoms with Crippen LogP contribution < -0.4 is 0 Å². The van der Waals surface area contributed by atoms with Gasteiger partial charge >= 0.3 is 0 Å². The lowest BCUT2D eigenvalue weighted by atomic mass is 10.1. The van der Waals surface area contributed by atoms with Crippen molar-refractivity contribution in [1.82, 2.24) is 0 Å². The maximum Gasteiger partial charge on any atom is 0.189 e. The van der Waals surface area contributed by atoms with Gasteiger partial charge in [-0.15, -0.1) is 0 Å². The van der Waals surface area contributed by atoms with Crippen LogP contribution in [0.2, 0.25) is 0 Å². The number of ketones is 1. The molecule has 0 bridgehead atoms. The van der Waals surface area contributed by atoms with Gasteiger partial charge in [-0.25, -0.2) is 0 Å². The Morgan fingerprint density at radius 3 is 2.00 bits per heavy atom. The molecule has 12 heavy (non-hydrogen) atoms. The molecule has 5 N–H and O–H groups in total. The van der Waals surface area contributed by atoms with Crippen LogP contribution in [0.1, 0.15) is 0 Å². The predicted molar refractivity (Wildman–Crippen MR) is 37.2 cm³/mol. The van der Waals surface area contributed by atoms with Gasteiger partial charge in [-0.05, 0) is 0 Å². The first-order valence-corrected chi connectivity index (χ1v) is 3.33. The minimum absolute atomic E-state index is 0.767. The van der Waals surface area contributed by atoms with Crippen molar-refractivity contribution in [3.63, 3.8) is 0 Å². The lowest BCUT2D eigenvalue weighted by molar-refractivity contribution is -0.142. The van der Waals surface area contributed by atoms with Crippen LogP contribution >= 0.6 is 0 Å². The lowest BCUT2D eigenvalue weighted by Crippen LogP contribution is -2.44. The summed E-state index contributed by atoms with van der Waals surface area (Å²) in [6.45, 7) is -1.69. The van der Waals surface area contributed by atoms with Crippen molar-refractivity contribution in [3.8, 4) is 0 Å². The fourth-order valence-corrected chi connectivity index (χ4v) is 0.602. The molecule has 0 heterocycles. The van der Waals surface area contributed by atoms with E-state index in [0.717, 1.165) is 0 Å². The van der Waals surface area contributed by atoms with Gasteiger partial charge in [0.1, 0.15) is 24.9 Å². The molecule has 0 aliphatic heterocycles. The second-order valence-electron chi connectivity index (χ2n) is 2.31. The molecule has 0 saturated carbocycles. The average Bonchev–Trinajstić information content (AvgIpc) is 2.12. The smallest absolute Gasteiger partial charge is 0.189 e. The van der Waals surface area contributed by atoms with Crippen LogP contribution in [-0.2, 0) is 4.79 Å². The normalized spacial score (nSPS) is 18.4. The number of carbonyl (C=O) groups excluding carboxylic acids is 1. The van der Waals surface area contributed by atoms with E-state index in [4.69, 9.17) is 25.5 Å². The zero-order chi connectivity index (χ0) is 9.72. The number of rotatable bonds is 5. The molecule has 0 aromatic heterocycles. The molecule has 0 rings (SSSR count). The van der Waals surface area contributed by atoms with Crippen LogP contribution in [0.4, 0.5) is 0 Å². The molecule has 0 unspecified atom stereocenters. The van der Waals surface area contributed by atoms with Gasteiger partial charge in [0.2, 0.25) is 0 Å². The van der Waals surface area contributed by atoms with Gasteiger partial charge in [0.15, 0.2) is 5.78 Å². The van der Waals surface area contributed by atoms with E-state index in [-0.39, 0.29) is 0 Å². The zero-order valence-electron chi connectivity index (χ0n) is 6.29. The summed E-state index contributed by atoms with van der Waals surface area (Å²) >= 11 is 0. The zero-order valence-corrected chi connectivity index (χ0v) is 6.29. The Morgan fingerprint density at radius 1 is 1.17 bits per heavy atom. The van der Waals surface area contributed by atoms with E-state index >= 15 is 0 Å². The number of hydrogen-bond donors (Lipinski definition) is 5. The summed E-state index contributed by atoms with van der Waals surface area (Å²) in [5, 5.41) is 43.1. The Kier molecular flexibility index (Phi) is 4.95. The van der Waals surface area contributed by atoms with Crippen molar-refractivity contribution in [2.24, 2.45) is 0 Å². The number of aliphatic hydroxyl groups excluding tert-OH is 5. The first kappa shape index (κ1) is 11.5. The first-order chi connectivity index (χ1) is 5.54. The molecule has 0 spiro atoms. The Bertz CT molecular complexity index is 147. The maximum atomic E-state index is 10.5. The molecule has 72 valence electrons. The number of aliphatic hydroxyl groups is 5. The van der Waals surface area contributed by atoms with Crippen molar-refractivity contribution in [3.05, 3.63) is 0 Å². The summed E-state index contributed by atoms with van der Waals surface area (Å²) in [4.78, 5) is 10.5. The van der Waals surface area contributed by atoms with E-state index in [2.05, 4.69) is 0 Å². The molecular weight excluding hydrogens is 169 g/mol. The van der Waals surface area contributed by atoms with E-state index < -0.39 is 37.3 Å². The highest BCUT2D eigenvalue weighted by atomic mass is 16.4.